The van der Waals surface area contributed by atoms with Gasteiger partial charge in [-0.05, 0) is 20.0 Å². The van der Waals surface area contributed by atoms with Crippen LogP contribution in [0.1, 0.15) is 27.2 Å². The van der Waals surface area contributed by atoms with E-state index in [0.29, 0.717) is 6.42 Å². The number of esters is 1. The summed E-state index contributed by atoms with van der Waals surface area (Å²) in [7, 11) is 1.43. The number of methoxy groups -OCH3 is 1. The Morgan fingerprint density at radius 1 is 1.42 bits per heavy atom. The Morgan fingerprint density at radius 3 is 2.25 bits per heavy atom. The topological polar surface area (TPSA) is 29.5 Å². The quantitative estimate of drug-likeness (QED) is 0.586. The van der Waals surface area contributed by atoms with Crippen molar-refractivity contribution in [3.8, 4) is 0 Å². The second kappa shape index (κ2) is 6.00. The maximum atomic E-state index is 10.9. The summed E-state index contributed by atoms with van der Waals surface area (Å²) in [4.78, 5) is 13.1. The van der Waals surface area contributed by atoms with Crippen molar-refractivity contribution in [2.45, 2.75) is 33.2 Å². The smallest absolute Gasteiger partial charge is 0.307 e. The minimum Gasteiger partial charge on any atom is -0.469 e. The van der Waals surface area contributed by atoms with Gasteiger partial charge in [-0.15, -0.1) is 0 Å². The van der Waals surface area contributed by atoms with E-state index in [-0.39, 0.29) is 12.0 Å². The predicted octanol–water partition coefficient (Wildman–Crippen LogP) is 1.28. The van der Waals surface area contributed by atoms with Crippen LogP contribution in [-0.4, -0.2) is 37.1 Å². The van der Waals surface area contributed by atoms with Crippen LogP contribution in [0.25, 0.3) is 0 Å². The molecule has 0 fully saturated rings. The lowest BCUT2D eigenvalue weighted by Crippen LogP contribution is -2.34. The molecule has 12 heavy (non-hydrogen) atoms. The van der Waals surface area contributed by atoms with Crippen molar-refractivity contribution >= 4 is 5.97 Å². The van der Waals surface area contributed by atoms with E-state index in [2.05, 4.69) is 23.5 Å². The number of ether oxygens (including phenoxy) is 1. The highest BCUT2D eigenvalue weighted by atomic mass is 16.5. The minimum absolute atomic E-state index is 0.130. The summed E-state index contributed by atoms with van der Waals surface area (Å²) in [5, 5.41) is 0. The summed E-state index contributed by atoms with van der Waals surface area (Å²) >= 11 is 0. The van der Waals surface area contributed by atoms with Crippen LogP contribution in [0.2, 0.25) is 0 Å². The highest BCUT2D eigenvalue weighted by Gasteiger charge is 2.13. The van der Waals surface area contributed by atoms with Crippen LogP contribution in [0.4, 0.5) is 0 Å². The number of rotatable bonds is 5. The maximum Gasteiger partial charge on any atom is 0.307 e. The fourth-order valence-electron chi connectivity index (χ4n) is 1.30. The molecule has 0 N–H and O–H groups in total. The molecule has 0 aliphatic rings. The summed E-state index contributed by atoms with van der Waals surface area (Å²) in [6.07, 6.45) is 0.484. The van der Waals surface area contributed by atoms with Crippen LogP contribution < -0.4 is 0 Å². The average Bonchev–Trinajstić information content (AvgIpc) is 2.06. The Labute approximate surface area is 74.7 Å². The van der Waals surface area contributed by atoms with Gasteiger partial charge in [-0.2, -0.15) is 0 Å². The van der Waals surface area contributed by atoms with E-state index in [4.69, 9.17) is 0 Å². The summed E-state index contributed by atoms with van der Waals surface area (Å²) in [5.74, 6) is -0.130. The Kier molecular flexibility index (Phi) is 5.72. The van der Waals surface area contributed by atoms with Crippen LogP contribution in [0.15, 0.2) is 0 Å². The van der Waals surface area contributed by atoms with Crippen LogP contribution in [0.5, 0.6) is 0 Å². The highest BCUT2D eigenvalue weighted by Crippen LogP contribution is 2.03. The molecule has 0 aromatic carbocycles. The van der Waals surface area contributed by atoms with E-state index in [9.17, 15) is 4.79 Å². The van der Waals surface area contributed by atoms with Crippen molar-refractivity contribution in [2.24, 2.45) is 0 Å². The number of hydrogen-bond donors (Lipinski definition) is 0. The van der Waals surface area contributed by atoms with E-state index in [1.54, 1.807) is 0 Å². The third kappa shape index (κ3) is 3.72. The van der Waals surface area contributed by atoms with Crippen molar-refractivity contribution in [1.82, 2.24) is 4.90 Å². The molecule has 72 valence electrons. The van der Waals surface area contributed by atoms with Crippen molar-refractivity contribution < 1.29 is 9.53 Å². The van der Waals surface area contributed by atoms with E-state index in [0.717, 1.165) is 13.1 Å². The molecule has 0 aliphatic heterocycles. The summed E-state index contributed by atoms with van der Waals surface area (Å²) in [6.45, 7) is 8.20. The lowest BCUT2D eigenvalue weighted by molar-refractivity contribution is -0.141. The zero-order valence-corrected chi connectivity index (χ0v) is 8.46. The molecule has 1 atom stereocenters. The normalized spacial score (nSPS) is 13.1. The molecule has 0 rings (SSSR count). The lowest BCUT2D eigenvalue weighted by Gasteiger charge is -2.25. The van der Waals surface area contributed by atoms with Gasteiger partial charge in [0, 0.05) is 6.04 Å². The zero-order chi connectivity index (χ0) is 9.56. The third-order valence-electron chi connectivity index (χ3n) is 2.13. The molecule has 0 saturated heterocycles. The number of carbonyl (C=O) groups excluding carboxylic acids is 1. The Hall–Kier alpha value is -0.570. The molecule has 0 amide bonds. The molecule has 0 spiro atoms. The Balaban J connectivity index is 3.83. The average molecular weight is 173 g/mol. The molecule has 0 radical (unpaired) electrons. The van der Waals surface area contributed by atoms with Crippen molar-refractivity contribution in [2.75, 3.05) is 20.2 Å². The fourth-order valence-corrected chi connectivity index (χ4v) is 1.30. The molecule has 0 bridgehead atoms. The van der Waals surface area contributed by atoms with Crippen LogP contribution in [-0.2, 0) is 9.53 Å². The minimum atomic E-state index is -0.130. The first-order chi connectivity index (χ1) is 5.65. The first-order valence-corrected chi connectivity index (χ1v) is 4.46. The SMILES string of the molecule is CCN(CC)[C@H](C)CC(=O)OC. The van der Waals surface area contributed by atoms with Gasteiger partial charge in [0.25, 0.3) is 0 Å². The van der Waals surface area contributed by atoms with Crippen molar-refractivity contribution in [3.05, 3.63) is 0 Å². The molecule has 3 heteroatoms. The summed E-state index contributed by atoms with van der Waals surface area (Å²) in [6, 6.07) is 0.285. The maximum absolute atomic E-state index is 10.9. The van der Waals surface area contributed by atoms with Gasteiger partial charge in [0.05, 0.1) is 13.5 Å². The van der Waals surface area contributed by atoms with Crippen LogP contribution in [0.3, 0.4) is 0 Å². The van der Waals surface area contributed by atoms with E-state index in [1.807, 2.05) is 6.92 Å². The van der Waals surface area contributed by atoms with Gasteiger partial charge < -0.3 is 9.64 Å². The van der Waals surface area contributed by atoms with Crippen LogP contribution >= 0.6 is 0 Å². The van der Waals surface area contributed by atoms with E-state index >= 15 is 0 Å². The summed E-state index contributed by atoms with van der Waals surface area (Å²) in [5.41, 5.74) is 0. The largest absolute Gasteiger partial charge is 0.469 e. The second-order valence-electron chi connectivity index (χ2n) is 2.85. The Bertz CT molecular complexity index is 132. The highest BCUT2D eigenvalue weighted by molar-refractivity contribution is 5.69. The van der Waals surface area contributed by atoms with Crippen molar-refractivity contribution in [1.29, 1.82) is 0 Å². The number of hydrogen-bond acceptors (Lipinski definition) is 3. The lowest BCUT2D eigenvalue weighted by atomic mass is 10.2. The molecular weight excluding hydrogens is 154 g/mol. The predicted molar refractivity (Wildman–Crippen MR) is 49.0 cm³/mol. The van der Waals surface area contributed by atoms with Gasteiger partial charge in [-0.1, -0.05) is 13.8 Å². The van der Waals surface area contributed by atoms with Crippen molar-refractivity contribution in [3.63, 3.8) is 0 Å². The molecule has 0 heterocycles. The zero-order valence-electron chi connectivity index (χ0n) is 8.46. The van der Waals surface area contributed by atoms with Crippen LogP contribution in [0, 0.1) is 0 Å². The van der Waals surface area contributed by atoms with E-state index < -0.39 is 0 Å². The molecule has 0 unspecified atom stereocenters. The van der Waals surface area contributed by atoms with Gasteiger partial charge in [0.1, 0.15) is 0 Å². The Morgan fingerprint density at radius 2 is 1.92 bits per heavy atom. The fraction of sp³-hybridized carbons (Fsp3) is 0.889. The van der Waals surface area contributed by atoms with Gasteiger partial charge in [-0.25, -0.2) is 0 Å². The third-order valence-corrected chi connectivity index (χ3v) is 2.13. The van der Waals surface area contributed by atoms with E-state index in [1.165, 1.54) is 7.11 Å². The monoisotopic (exact) mass is 173 g/mol. The second-order valence-corrected chi connectivity index (χ2v) is 2.85. The first-order valence-electron chi connectivity index (χ1n) is 4.46. The summed E-state index contributed by atoms with van der Waals surface area (Å²) < 4.78 is 4.59. The van der Waals surface area contributed by atoms with Gasteiger partial charge in [0.2, 0.25) is 0 Å². The molecule has 0 aliphatic carbocycles. The van der Waals surface area contributed by atoms with Gasteiger partial charge >= 0.3 is 5.97 Å². The first kappa shape index (κ1) is 11.4. The standard InChI is InChI=1S/C9H19NO2/c1-5-10(6-2)8(3)7-9(11)12-4/h8H,5-7H2,1-4H3/t8-/m1/s1. The molecule has 0 aromatic heterocycles. The van der Waals surface area contributed by atoms with Gasteiger partial charge in [0.15, 0.2) is 0 Å². The molecule has 0 aromatic rings. The van der Waals surface area contributed by atoms with Gasteiger partial charge in [-0.3, -0.25) is 4.79 Å². The number of nitrogens with zero attached hydrogens (tertiary/aromatic N) is 1. The molecule has 0 saturated carbocycles. The molecule has 3 nitrogen and oxygen atoms in total. The molecular formula is C9H19NO2. The number of carbonyl (C=O) groups is 1.